The Labute approximate surface area is 259 Å². The topological polar surface area (TPSA) is 132 Å². The fourth-order valence-electron chi connectivity index (χ4n) is 5.43. The van der Waals surface area contributed by atoms with Gasteiger partial charge in [0.15, 0.2) is 0 Å². The van der Waals surface area contributed by atoms with Crippen LogP contribution in [0.5, 0.6) is 5.75 Å². The Balaban J connectivity index is 1.27. The van der Waals surface area contributed by atoms with Gasteiger partial charge in [-0.3, -0.25) is 4.79 Å². The smallest absolute Gasteiger partial charge is 0.320 e. The SMILES string of the molecule is C=CC(=O)Nc1cc(Nc2ncc(Cl)c(-c3cnn4ccccc34)n2)c(OC)cc1N1CCN(C(=O)N2CCNCC2)CC1. The fourth-order valence-corrected chi connectivity index (χ4v) is 5.62. The number of ether oxygens (including phenoxy) is 1. The number of nitrogens with zero attached hydrogens (tertiary/aromatic N) is 7. The van der Waals surface area contributed by atoms with Crippen molar-refractivity contribution in [1.82, 2.24) is 34.7 Å². The molecule has 0 bridgehead atoms. The molecule has 5 heterocycles. The van der Waals surface area contributed by atoms with Crippen LogP contribution in [0.4, 0.5) is 27.8 Å². The fraction of sp³-hybridized carbons (Fsp3) is 0.300. The van der Waals surface area contributed by atoms with Gasteiger partial charge in [-0.1, -0.05) is 24.2 Å². The zero-order valence-corrected chi connectivity index (χ0v) is 25.0. The van der Waals surface area contributed by atoms with Crippen LogP contribution in [0, 0.1) is 0 Å². The number of pyridine rings is 1. The summed E-state index contributed by atoms with van der Waals surface area (Å²) in [7, 11) is 1.57. The quantitative estimate of drug-likeness (QED) is 0.267. The van der Waals surface area contributed by atoms with E-state index in [0.717, 1.165) is 29.9 Å². The summed E-state index contributed by atoms with van der Waals surface area (Å²) in [5.41, 5.74) is 3.99. The Kier molecular flexibility index (Phi) is 8.48. The Bertz CT molecular complexity index is 1700. The zero-order valence-electron chi connectivity index (χ0n) is 24.3. The van der Waals surface area contributed by atoms with E-state index in [0.29, 0.717) is 67.1 Å². The predicted molar refractivity (Wildman–Crippen MR) is 170 cm³/mol. The number of hydrogen-bond acceptors (Lipinski definition) is 9. The Morgan fingerprint density at radius 3 is 2.57 bits per heavy atom. The van der Waals surface area contributed by atoms with Crippen LogP contribution in [0.25, 0.3) is 16.8 Å². The van der Waals surface area contributed by atoms with E-state index in [-0.39, 0.29) is 17.9 Å². The zero-order chi connectivity index (χ0) is 30.6. The van der Waals surface area contributed by atoms with Gasteiger partial charge in [-0.2, -0.15) is 5.10 Å². The highest BCUT2D eigenvalue weighted by Gasteiger charge is 2.28. The summed E-state index contributed by atoms with van der Waals surface area (Å²) in [6.07, 6.45) is 6.31. The summed E-state index contributed by atoms with van der Waals surface area (Å²) < 4.78 is 7.51. The van der Waals surface area contributed by atoms with Crippen molar-refractivity contribution in [3.8, 4) is 17.0 Å². The lowest BCUT2D eigenvalue weighted by Gasteiger charge is -2.40. The molecule has 3 aromatic heterocycles. The van der Waals surface area contributed by atoms with Gasteiger partial charge in [0.1, 0.15) is 5.75 Å². The molecule has 6 rings (SSSR count). The number of aromatic nitrogens is 4. The van der Waals surface area contributed by atoms with Gasteiger partial charge in [0.25, 0.3) is 0 Å². The number of piperazine rings is 2. The number of carbonyl (C=O) groups is 2. The van der Waals surface area contributed by atoms with Crippen LogP contribution in [0.3, 0.4) is 0 Å². The molecule has 0 unspecified atom stereocenters. The largest absolute Gasteiger partial charge is 0.494 e. The number of fused-ring (bicyclic) bond motifs is 1. The lowest BCUT2D eigenvalue weighted by Crippen LogP contribution is -2.56. The first-order chi connectivity index (χ1) is 21.4. The Hall–Kier alpha value is -4.88. The van der Waals surface area contributed by atoms with E-state index in [1.165, 1.54) is 12.3 Å². The summed E-state index contributed by atoms with van der Waals surface area (Å²) in [5.74, 6) is 0.451. The molecule has 0 spiro atoms. The number of nitrogens with one attached hydrogen (secondary N) is 3. The molecule has 2 aliphatic heterocycles. The van der Waals surface area contributed by atoms with Crippen LogP contribution in [-0.2, 0) is 4.79 Å². The molecule has 0 radical (unpaired) electrons. The second kappa shape index (κ2) is 12.8. The number of hydrogen-bond donors (Lipinski definition) is 3. The van der Waals surface area contributed by atoms with Crippen LogP contribution < -0.4 is 25.6 Å². The average Bonchev–Trinajstić information content (AvgIpc) is 3.50. The molecule has 3 amide bonds. The first-order valence-electron chi connectivity index (χ1n) is 14.3. The Morgan fingerprint density at radius 2 is 1.82 bits per heavy atom. The third-order valence-corrected chi connectivity index (χ3v) is 7.99. The number of urea groups is 1. The van der Waals surface area contributed by atoms with Crippen molar-refractivity contribution < 1.29 is 14.3 Å². The van der Waals surface area contributed by atoms with E-state index >= 15 is 0 Å². The van der Waals surface area contributed by atoms with Crippen LogP contribution in [-0.4, -0.2) is 101 Å². The number of rotatable bonds is 7. The van der Waals surface area contributed by atoms with E-state index in [4.69, 9.17) is 21.3 Å². The lowest BCUT2D eigenvalue weighted by atomic mass is 10.1. The number of methoxy groups -OCH3 is 1. The number of anilines is 4. The van der Waals surface area contributed by atoms with E-state index in [1.54, 1.807) is 23.9 Å². The minimum absolute atomic E-state index is 0.0647. The first-order valence-corrected chi connectivity index (χ1v) is 14.7. The van der Waals surface area contributed by atoms with Gasteiger partial charge in [-0.05, 0) is 24.3 Å². The number of halogens is 1. The third-order valence-electron chi connectivity index (χ3n) is 7.71. The summed E-state index contributed by atoms with van der Waals surface area (Å²) in [4.78, 5) is 40.5. The van der Waals surface area contributed by atoms with Crippen LogP contribution in [0.1, 0.15) is 0 Å². The molecule has 13 nitrogen and oxygen atoms in total. The molecule has 2 fully saturated rings. The minimum Gasteiger partial charge on any atom is -0.494 e. The van der Waals surface area contributed by atoms with E-state index < -0.39 is 0 Å². The maximum absolute atomic E-state index is 13.0. The second-order valence-corrected chi connectivity index (χ2v) is 10.8. The average molecular weight is 617 g/mol. The second-order valence-electron chi connectivity index (χ2n) is 10.4. The summed E-state index contributed by atoms with van der Waals surface area (Å²) in [6, 6.07) is 9.45. The molecule has 0 aliphatic carbocycles. The van der Waals surface area contributed by atoms with Gasteiger partial charge in [0.2, 0.25) is 11.9 Å². The van der Waals surface area contributed by atoms with Gasteiger partial charge in [0.05, 0.1) is 52.8 Å². The highest BCUT2D eigenvalue weighted by atomic mass is 35.5. The van der Waals surface area contributed by atoms with Crippen LogP contribution in [0.2, 0.25) is 5.02 Å². The van der Waals surface area contributed by atoms with Gasteiger partial charge in [-0.25, -0.2) is 19.3 Å². The summed E-state index contributed by atoms with van der Waals surface area (Å²) >= 11 is 6.52. The summed E-state index contributed by atoms with van der Waals surface area (Å²) in [6.45, 7) is 8.94. The summed E-state index contributed by atoms with van der Waals surface area (Å²) in [5, 5.41) is 14.2. The van der Waals surface area contributed by atoms with E-state index in [2.05, 4.69) is 37.5 Å². The maximum Gasteiger partial charge on any atom is 0.320 e. The molecule has 2 saturated heterocycles. The van der Waals surface area contributed by atoms with Crippen molar-refractivity contribution in [3.63, 3.8) is 0 Å². The van der Waals surface area contributed by atoms with Crippen molar-refractivity contribution in [3.05, 3.63) is 66.6 Å². The number of carbonyl (C=O) groups excluding carboxylic acids is 2. The molecule has 1 aromatic carbocycles. The molecule has 44 heavy (non-hydrogen) atoms. The van der Waals surface area contributed by atoms with Gasteiger partial charge in [-0.15, -0.1) is 0 Å². The number of benzene rings is 1. The monoisotopic (exact) mass is 616 g/mol. The highest BCUT2D eigenvalue weighted by molar-refractivity contribution is 6.33. The predicted octanol–water partition coefficient (Wildman–Crippen LogP) is 3.47. The van der Waals surface area contributed by atoms with Gasteiger partial charge >= 0.3 is 6.03 Å². The molecule has 3 N–H and O–H groups in total. The molecular weight excluding hydrogens is 584 g/mol. The van der Waals surface area contributed by atoms with Crippen LogP contribution in [0.15, 0.2) is 61.6 Å². The van der Waals surface area contributed by atoms with E-state index in [9.17, 15) is 9.59 Å². The van der Waals surface area contributed by atoms with E-state index in [1.807, 2.05) is 40.3 Å². The van der Waals surface area contributed by atoms with Gasteiger partial charge in [0, 0.05) is 70.2 Å². The normalized spacial score (nSPS) is 15.3. The van der Waals surface area contributed by atoms with Crippen LogP contribution >= 0.6 is 11.6 Å². The molecule has 0 saturated carbocycles. The first kappa shape index (κ1) is 29.2. The molecule has 4 aromatic rings. The molecule has 2 aliphatic rings. The Morgan fingerprint density at radius 1 is 1.05 bits per heavy atom. The lowest BCUT2D eigenvalue weighted by molar-refractivity contribution is -0.111. The van der Waals surface area contributed by atoms with Crippen molar-refractivity contribution in [2.24, 2.45) is 0 Å². The maximum atomic E-state index is 13.0. The third kappa shape index (κ3) is 5.96. The highest BCUT2D eigenvalue weighted by Crippen LogP contribution is 2.39. The van der Waals surface area contributed by atoms with Crippen molar-refractivity contribution in [1.29, 1.82) is 0 Å². The minimum atomic E-state index is -0.354. The molecular formula is C30H33ClN10O3. The van der Waals surface area contributed by atoms with Crippen molar-refractivity contribution >= 4 is 52.1 Å². The standard InChI is InChI=1S/C30H33ClN10O3/c1-3-27(42)35-22-16-23(36-29-33-19-21(31)28(37-29)20-18-34-41-9-5-4-6-24(20)41)26(44-2)17-25(22)38-12-14-40(15-13-38)30(43)39-10-7-32-8-11-39/h3-6,9,16-19,32H,1,7-8,10-15H2,2H3,(H,35,42)(H,33,36,37). The number of amides is 3. The molecule has 0 atom stereocenters. The molecule has 14 heteroatoms. The van der Waals surface area contributed by atoms with Crippen molar-refractivity contribution in [2.75, 3.05) is 75.0 Å². The van der Waals surface area contributed by atoms with Gasteiger partial charge < -0.3 is 35.4 Å². The van der Waals surface area contributed by atoms with Crippen molar-refractivity contribution in [2.45, 2.75) is 0 Å². The molecule has 228 valence electrons.